The van der Waals surface area contributed by atoms with E-state index in [0.717, 1.165) is 0 Å². The van der Waals surface area contributed by atoms with Gasteiger partial charge in [-0.15, -0.1) is 0 Å². The molecule has 1 N–H and O–H groups in total. The lowest BCUT2D eigenvalue weighted by Gasteiger charge is -2.28. The minimum Gasteiger partial charge on any atom is -0.497 e. The van der Waals surface area contributed by atoms with Crippen LogP contribution in [0.2, 0.25) is 0 Å². The van der Waals surface area contributed by atoms with Gasteiger partial charge in [0.05, 0.1) is 12.8 Å². The van der Waals surface area contributed by atoms with Crippen molar-refractivity contribution in [2.45, 2.75) is 0 Å². The Kier molecular flexibility index (Phi) is 5.16. The molecule has 1 aliphatic rings. The Bertz CT molecular complexity index is 1170. The minimum atomic E-state index is -0.616. The van der Waals surface area contributed by atoms with Crippen molar-refractivity contribution in [3.63, 3.8) is 0 Å². The second-order valence-electron chi connectivity index (χ2n) is 6.36. The standard InChI is InChI=1S/C22H15FN2O4S/c1-28-16-8-6-15(7-9-16)25-21(27)18(20(26)24-22(25)30)12-17-10-11-19(29-17)13-2-4-14(23)5-3-13/h2-12H,1H3,(H,24,26,30). The van der Waals surface area contributed by atoms with Crippen LogP contribution in [0.4, 0.5) is 10.1 Å². The summed E-state index contributed by atoms with van der Waals surface area (Å²) in [7, 11) is 1.54. The Morgan fingerprint density at radius 3 is 2.40 bits per heavy atom. The normalized spacial score (nSPS) is 15.5. The summed E-state index contributed by atoms with van der Waals surface area (Å²) in [5, 5.41) is 2.50. The molecule has 0 radical (unpaired) electrons. The van der Waals surface area contributed by atoms with E-state index in [4.69, 9.17) is 21.4 Å². The van der Waals surface area contributed by atoms with Crippen LogP contribution in [0.15, 0.2) is 70.7 Å². The highest BCUT2D eigenvalue weighted by atomic mass is 32.1. The third-order valence-corrected chi connectivity index (χ3v) is 4.76. The highest BCUT2D eigenvalue weighted by Crippen LogP contribution is 2.27. The van der Waals surface area contributed by atoms with Gasteiger partial charge in [-0.3, -0.25) is 19.8 Å². The van der Waals surface area contributed by atoms with Crippen molar-refractivity contribution >= 4 is 40.9 Å². The number of furan rings is 1. The van der Waals surface area contributed by atoms with Crippen molar-refractivity contribution in [3.8, 4) is 17.1 Å². The molecule has 6 nitrogen and oxygen atoms in total. The van der Waals surface area contributed by atoms with Crippen LogP contribution in [-0.2, 0) is 9.59 Å². The largest absolute Gasteiger partial charge is 0.497 e. The molecule has 0 unspecified atom stereocenters. The highest BCUT2D eigenvalue weighted by molar-refractivity contribution is 7.80. The Balaban J connectivity index is 1.65. The molecule has 3 aromatic rings. The van der Waals surface area contributed by atoms with Gasteiger partial charge < -0.3 is 9.15 Å². The first-order valence-electron chi connectivity index (χ1n) is 8.87. The van der Waals surface area contributed by atoms with Gasteiger partial charge in [0.2, 0.25) is 0 Å². The van der Waals surface area contributed by atoms with Crippen LogP contribution >= 0.6 is 12.2 Å². The smallest absolute Gasteiger partial charge is 0.270 e. The quantitative estimate of drug-likeness (QED) is 0.392. The van der Waals surface area contributed by atoms with E-state index in [1.54, 1.807) is 48.5 Å². The Morgan fingerprint density at radius 2 is 1.73 bits per heavy atom. The fraction of sp³-hybridized carbons (Fsp3) is 0.0455. The fourth-order valence-corrected chi connectivity index (χ4v) is 3.25. The van der Waals surface area contributed by atoms with Crippen molar-refractivity contribution < 1.29 is 23.1 Å². The molecule has 2 amide bonds. The summed E-state index contributed by atoms with van der Waals surface area (Å²) in [5.41, 5.74) is 1.03. The van der Waals surface area contributed by atoms with Crippen LogP contribution in [0.1, 0.15) is 5.76 Å². The summed E-state index contributed by atoms with van der Waals surface area (Å²) in [4.78, 5) is 26.6. The molecule has 2 aromatic carbocycles. The molecule has 8 heteroatoms. The molecule has 0 atom stereocenters. The van der Waals surface area contributed by atoms with Crippen LogP contribution < -0.4 is 15.0 Å². The first-order chi connectivity index (χ1) is 14.5. The number of thiocarbonyl (C=S) groups is 1. The van der Waals surface area contributed by atoms with E-state index in [9.17, 15) is 14.0 Å². The van der Waals surface area contributed by atoms with Crippen LogP contribution in [0.5, 0.6) is 5.75 Å². The number of ether oxygens (including phenoxy) is 1. The van der Waals surface area contributed by atoms with Crippen molar-refractivity contribution in [2.75, 3.05) is 12.0 Å². The average molecular weight is 422 g/mol. The number of amides is 2. The van der Waals surface area contributed by atoms with Gasteiger partial charge in [0, 0.05) is 5.56 Å². The fourth-order valence-electron chi connectivity index (χ4n) is 2.97. The highest BCUT2D eigenvalue weighted by Gasteiger charge is 2.34. The lowest BCUT2D eigenvalue weighted by Crippen LogP contribution is -2.54. The van der Waals surface area contributed by atoms with Crippen molar-refractivity contribution in [2.24, 2.45) is 0 Å². The molecule has 0 saturated carbocycles. The van der Waals surface area contributed by atoms with Crippen LogP contribution in [-0.4, -0.2) is 24.0 Å². The maximum Gasteiger partial charge on any atom is 0.270 e. The number of hydrogen-bond acceptors (Lipinski definition) is 5. The first kappa shape index (κ1) is 19.5. The minimum absolute atomic E-state index is 0.0150. The molecule has 1 fully saturated rings. The number of methoxy groups -OCH3 is 1. The Labute approximate surface area is 176 Å². The molecule has 1 aliphatic heterocycles. The third kappa shape index (κ3) is 3.72. The van der Waals surface area contributed by atoms with Crippen LogP contribution in [0, 0.1) is 5.82 Å². The molecule has 0 spiro atoms. The van der Waals surface area contributed by atoms with E-state index in [1.165, 1.54) is 30.2 Å². The van der Waals surface area contributed by atoms with E-state index in [0.29, 0.717) is 28.5 Å². The van der Waals surface area contributed by atoms with Crippen molar-refractivity contribution in [1.82, 2.24) is 5.32 Å². The van der Waals surface area contributed by atoms with Gasteiger partial charge in [-0.1, -0.05) is 0 Å². The summed E-state index contributed by atoms with van der Waals surface area (Å²) in [5.74, 6) is -0.143. The van der Waals surface area contributed by atoms with Gasteiger partial charge in [-0.25, -0.2) is 4.39 Å². The average Bonchev–Trinajstić information content (AvgIpc) is 3.21. The SMILES string of the molecule is COc1ccc(N2C(=O)C(=Cc3ccc(-c4ccc(F)cc4)o3)C(=O)NC2=S)cc1. The Hall–Kier alpha value is -3.78. The molecular weight excluding hydrogens is 407 g/mol. The number of carbonyl (C=O) groups is 2. The third-order valence-electron chi connectivity index (χ3n) is 4.47. The monoisotopic (exact) mass is 422 g/mol. The van der Waals surface area contributed by atoms with E-state index >= 15 is 0 Å². The van der Waals surface area contributed by atoms with E-state index in [2.05, 4.69) is 5.32 Å². The van der Waals surface area contributed by atoms with Crippen LogP contribution in [0.3, 0.4) is 0 Å². The number of nitrogens with zero attached hydrogens (tertiary/aromatic N) is 1. The summed E-state index contributed by atoms with van der Waals surface area (Å²) < 4.78 is 23.9. The summed E-state index contributed by atoms with van der Waals surface area (Å²) in [6.45, 7) is 0. The maximum atomic E-state index is 13.1. The zero-order chi connectivity index (χ0) is 21.3. The second-order valence-corrected chi connectivity index (χ2v) is 6.75. The molecular formula is C22H15FN2O4S. The van der Waals surface area contributed by atoms with Gasteiger partial charge in [0.15, 0.2) is 5.11 Å². The van der Waals surface area contributed by atoms with Gasteiger partial charge in [0.25, 0.3) is 11.8 Å². The number of benzene rings is 2. The van der Waals surface area contributed by atoms with Gasteiger partial charge in [0.1, 0.15) is 28.7 Å². The molecule has 150 valence electrons. The maximum absolute atomic E-state index is 13.1. The zero-order valence-electron chi connectivity index (χ0n) is 15.7. The predicted molar refractivity (Wildman–Crippen MR) is 113 cm³/mol. The molecule has 1 saturated heterocycles. The number of halogens is 1. The number of anilines is 1. The van der Waals surface area contributed by atoms with Gasteiger partial charge in [-0.05, 0) is 79.0 Å². The molecule has 0 aliphatic carbocycles. The summed E-state index contributed by atoms with van der Waals surface area (Å²) in [6, 6.07) is 15.8. The molecule has 0 bridgehead atoms. The first-order valence-corrected chi connectivity index (χ1v) is 9.28. The van der Waals surface area contributed by atoms with E-state index in [-0.39, 0.29) is 16.5 Å². The molecule has 4 rings (SSSR count). The summed E-state index contributed by atoms with van der Waals surface area (Å²) >= 11 is 5.18. The van der Waals surface area contributed by atoms with Gasteiger partial charge in [-0.2, -0.15) is 0 Å². The molecule has 1 aromatic heterocycles. The van der Waals surface area contributed by atoms with Gasteiger partial charge >= 0.3 is 0 Å². The second kappa shape index (κ2) is 7.92. The summed E-state index contributed by atoms with van der Waals surface area (Å²) in [6.07, 6.45) is 1.35. The number of carbonyl (C=O) groups excluding carboxylic acids is 2. The molecule has 30 heavy (non-hydrogen) atoms. The lowest BCUT2D eigenvalue weighted by molar-refractivity contribution is -0.122. The number of hydrogen-bond donors (Lipinski definition) is 1. The Morgan fingerprint density at radius 1 is 1.03 bits per heavy atom. The zero-order valence-corrected chi connectivity index (χ0v) is 16.5. The van der Waals surface area contributed by atoms with Crippen molar-refractivity contribution in [3.05, 3.63) is 77.8 Å². The van der Waals surface area contributed by atoms with E-state index < -0.39 is 11.8 Å². The van der Waals surface area contributed by atoms with Crippen LogP contribution in [0.25, 0.3) is 17.4 Å². The number of nitrogens with one attached hydrogen (secondary N) is 1. The lowest BCUT2D eigenvalue weighted by atomic mass is 10.1. The predicted octanol–water partition coefficient (Wildman–Crippen LogP) is 3.93. The number of rotatable bonds is 4. The van der Waals surface area contributed by atoms with E-state index in [1.807, 2.05) is 0 Å². The molecule has 2 heterocycles. The topological polar surface area (TPSA) is 71.8 Å². The van der Waals surface area contributed by atoms with Crippen molar-refractivity contribution in [1.29, 1.82) is 0 Å².